The third kappa shape index (κ3) is 3.90. The monoisotopic (exact) mass is 443 g/mol. The molecule has 5 atom stereocenters. The zero-order valence-electron chi connectivity index (χ0n) is 18.8. The van der Waals surface area contributed by atoms with Gasteiger partial charge in [-0.1, -0.05) is 18.2 Å². The Balaban J connectivity index is 1.61. The van der Waals surface area contributed by atoms with Crippen LogP contribution in [-0.4, -0.2) is 64.7 Å². The standard InChI is InChI=1S/C24H33N3O5/c1-15(2)25-22(30)20-24-12-11-17(32-24)18(21(29)26-16-9-5-3-6-10-16)19(24)23(31)27(20)13-7-4-8-14-28/h3,5-6,9-10,15,17-20,28H,4,7-8,11-14H2,1-2H3,(H,25,30)(H,26,29)/t17-,18+,19+,20?,24?/m1/s1. The van der Waals surface area contributed by atoms with Gasteiger partial charge >= 0.3 is 0 Å². The summed E-state index contributed by atoms with van der Waals surface area (Å²) in [5, 5.41) is 15.0. The highest BCUT2D eigenvalue weighted by Gasteiger charge is 2.74. The molecule has 174 valence electrons. The van der Waals surface area contributed by atoms with Gasteiger partial charge in [-0.25, -0.2) is 0 Å². The van der Waals surface area contributed by atoms with Crippen LogP contribution in [0.4, 0.5) is 5.69 Å². The molecule has 2 unspecified atom stereocenters. The lowest BCUT2D eigenvalue weighted by Gasteiger charge is -2.34. The molecule has 0 aliphatic carbocycles. The second kappa shape index (κ2) is 9.19. The van der Waals surface area contributed by atoms with Gasteiger partial charge in [0.25, 0.3) is 0 Å². The summed E-state index contributed by atoms with van der Waals surface area (Å²) in [7, 11) is 0. The van der Waals surface area contributed by atoms with Gasteiger partial charge in [0.15, 0.2) is 0 Å². The first-order valence-corrected chi connectivity index (χ1v) is 11.6. The van der Waals surface area contributed by atoms with E-state index in [0.29, 0.717) is 37.9 Å². The maximum Gasteiger partial charge on any atom is 0.246 e. The predicted octanol–water partition coefficient (Wildman–Crippen LogP) is 1.69. The Labute approximate surface area is 188 Å². The minimum Gasteiger partial charge on any atom is -0.396 e. The lowest BCUT2D eigenvalue weighted by molar-refractivity contribution is -0.141. The Bertz CT molecular complexity index is 860. The largest absolute Gasteiger partial charge is 0.396 e. The molecule has 8 nitrogen and oxygen atoms in total. The van der Waals surface area contributed by atoms with Crippen LogP contribution < -0.4 is 10.6 Å². The number of ether oxygens (including phenoxy) is 1. The molecule has 0 radical (unpaired) electrons. The number of unbranched alkanes of at least 4 members (excludes halogenated alkanes) is 2. The maximum atomic E-state index is 13.6. The van der Waals surface area contributed by atoms with E-state index in [0.717, 1.165) is 6.42 Å². The van der Waals surface area contributed by atoms with Gasteiger partial charge in [-0.3, -0.25) is 14.4 Å². The number of nitrogens with one attached hydrogen (secondary N) is 2. The quantitative estimate of drug-likeness (QED) is 0.504. The van der Waals surface area contributed by atoms with Crippen molar-refractivity contribution in [2.24, 2.45) is 11.8 Å². The van der Waals surface area contributed by atoms with E-state index in [1.54, 1.807) is 4.90 Å². The number of carbonyl (C=O) groups excluding carboxylic acids is 3. The fourth-order valence-electron chi connectivity index (χ4n) is 5.68. The predicted molar refractivity (Wildman–Crippen MR) is 119 cm³/mol. The third-order valence-electron chi connectivity index (χ3n) is 6.88. The lowest BCUT2D eigenvalue weighted by atomic mass is 9.70. The van der Waals surface area contributed by atoms with Gasteiger partial charge in [-0.05, 0) is 58.1 Å². The molecule has 3 fully saturated rings. The van der Waals surface area contributed by atoms with Crippen LogP contribution in [0, 0.1) is 11.8 Å². The van der Waals surface area contributed by atoms with E-state index in [-0.39, 0.29) is 36.5 Å². The Morgan fingerprint density at radius 3 is 2.62 bits per heavy atom. The molecule has 4 rings (SSSR count). The van der Waals surface area contributed by atoms with Crippen molar-refractivity contribution in [3.8, 4) is 0 Å². The third-order valence-corrected chi connectivity index (χ3v) is 6.88. The van der Waals surface area contributed by atoms with Crippen LogP contribution in [-0.2, 0) is 19.1 Å². The number of rotatable bonds is 9. The molecule has 32 heavy (non-hydrogen) atoms. The molecule has 0 saturated carbocycles. The Kier molecular flexibility index (Phi) is 6.53. The van der Waals surface area contributed by atoms with E-state index in [4.69, 9.17) is 9.84 Å². The molecular formula is C24H33N3O5. The summed E-state index contributed by atoms with van der Waals surface area (Å²) >= 11 is 0. The van der Waals surface area contributed by atoms with Crippen LogP contribution in [0.5, 0.6) is 0 Å². The van der Waals surface area contributed by atoms with Crippen molar-refractivity contribution in [2.45, 2.75) is 69.7 Å². The minimum atomic E-state index is -0.962. The first kappa shape index (κ1) is 22.7. The van der Waals surface area contributed by atoms with E-state index in [9.17, 15) is 14.4 Å². The number of anilines is 1. The molecule has 3 amide bonds. The van der Waals surface area contributed by atoms with Crippen molar-refractivity contribution in [3.63, 3.8) is 0 Å². The summed E-state index contributed by atoms with van der Waals surface area (Å²) in [5.41, 5.74) is -0.286. The number of aliphatic hydroxyl groups excluding tert-OH is 1. The molecule has 3 N–H and O–H groups in total. The van der Waals surface area contributed by atoms with Gasteiger partial charge in [0.05, 0.1) is 17.9 Å². The number of aliphatic hydroxyl groups is 1. The first-order valence-electron chi connectivity index (χ1n) is 11.6. The Hall–Kier alpha value is -2.45. The molecule has 3 heterocycles. The number of fused-ring (bicyclic) bond motifs is 1. The number of carbonyl (C=O) groups is 3. The van der Waals surface area contributed by atoms with Crippen LogP contribution in [0.1, 0.15) is 46.0 Å². The van der Waals surface area contributed by atoms with Gasteiger partial charge in [0.1, 0.15) is 11.6 Å². The van der Waals surface area contributed by atoms with Crippen molar-refractivity contribution in [1.29, 1.82) is 0 Å². The highest BCUT2D eigenvalue weighted by molar-refractivity contribution is 6.02. The van der Waals surface area contributed by atoms with E-state index < -0.39 is 23.5 Å². The normalized spacial score (nSPS) is 30.6. The number of hydrogen-bond donors (Lipinski definition) is 3. The fourth-order valence-corrected chi connectivity index (χ4v) is 5.68. The second-order valence-corrected chi connectivity index (χ2v) is 9.39. The molecule has 1 spiro atoms. The van der Waals surface area contributed by atoms with Gasteiger partial charge < -0.3 is 25.4 Å². The second-order valence-electron chi connectivity index (χ2n) is 9.39. The van der Waals surface area contributed by atoms with Crippen molar-refractivity contribution in [1.82, 2.24) is 10.2 Å². The maximum absolute atomic E-state index is 13.6. The molecule has 3 aliphatic heterocycles. The van der Waals surface area contributed by atoms with Crippen molar-refractivity contribution in [3.05, 3.63) is 30.3 Å². The molecule has 2 bridgehead atoms. The number of nitrogens with zero attached hydrogens (tertiary/aromatic N) is 1. The van der Waals surface area contributed by atoms with Crippen LogP contribution in [0.15, 0.2) is 30.3 Å². The average molecular weight is 444 g/mol. The molecular weight excluding hydrogens is 410 g/mol. The summed E-state index contributed by atoms with van der Waals surface area (Å²) in [6, 6.07) is 8.37. The molecule has 3 aliphatic rings. The zero-order valence-corrected chi connectivity index (χ0v) is 18.8. The minimum absolute atomic E-state index is 0.0694. The van der Waals surface area contributed by atoms with Crippen molar-refractivity contribution >= 4 is 23.4 Å². The molecule has 8 heteroatoms. The van der Waals surface area contributed by atoms with E-state index in [2.05, 4.69) is 10.6 Å². The van der Waals surface area contributed by atoms with Crippen LogP contribution in [0.3, 0.4) is 0 Å². The molecule has 1 aromatic carbocycles. The van der Waals surface area contributed by atoms with Gasteiger partial charge in [0.2, 0.25) is 17.7 Å². The van der Waals surface area contributed by atoms with Gasteiger partial charge in [-0.2, -0.15) is 0 Å². The number of amides is 3. The van der Waals surface area contributed by atoms with E-state index >= 15 is 0 Å². The average Bonchev–Trinajstić information content (AvgIpc) is 3.39. The fraction of sp³-hybridized carbons (Fsp3) is 0.625. The smallest absolute Gasteiger partial charge is 0.246 e. The molecule has 0 aromatic heterocycles. The summed E-state index contributed by atoms with van der Waals surface area (Å²) in [4.78, 5) is 41.8. The summed E-state index contributed by atoms with van der Waals surface area (Å²) in [5.74, 6) is -1.90. The van der Waals surface area contributed by atoms with Gasteiger partial charge in [0, 0.05) is 24.9 Å². The number of likely N-dealkylation sites (tertiary alicyclic amines) is 1. The van der Waals surface area contributed by atoms with Gasteiger partial charge in [-0.15, -0.1) is 0 Å². The number of para-hydroxylation sites is 1. The van der Waals surface area contributed by atoms with E-state index in [1.165, 1.54) is 0 Å². The molecule has 1 aromatic rings. The lowest BCUT2D eigenvalue weighted by Crippen LogP contribution is -2.56. The van der Waals surface area contributed by atoms with Crippen LogP contribution in [0.25, 0.3) is 0 Å². The number of hydrogen-bond acceptors (Lipinski definition) is 5. The summed E-state index contributed by atoms with van der Waals surface area (Å²) < 4.78 is 6.37. The SMILES string of the molecule is CC(C)NC(=O)C1N(CCCCCO)C(=O)[C@@H]2[C@@H](C(=O)Nc3ccccc3)[C@H]3CCC12O3. The Morgan fingerprint density at radius 2 is 1.94 bits per heavy atom. The first-order chi connectivity index (χ1) is 15.4. The van der Waals surface area contributed by atoms with Crippen molar-refractivity contribution in [2.75, 3.05) is 18.5 Å². The highest BCUT2D eigenvalue weighted by Crippen LogP contribution is 2.58. The van der Waals surface area contributed by atoms with E-state index in [1.807, 2.05) is 44.2 Å². The molecule has 3 saturated heterocycles. The topological polar surface area (TPSA) is 108 Å². The van der Waals surface area contributed by atoms with Crippen LogP contribution in [0.2, 0.25) is 0 Å². The van der Waals surface area contributed by atoms with Crippen LogP contribution >= 0.6 is 0 Å². The summed E-state index contributed by atoms with van der Waals surface area (Å²) in [6.07, 6.45) is 2.98. The van der Waals surface area contributed by atoms with Crippen molar-refractivity contribution < 1.29 is 24.2 Å². The Morgan fingerprint density at radius 1 is 1.19 bits per heavy atom. The number of benzene rings is 1. The summed E-state index contributed by atoms with van der Waals surface area (Å²) in [6.45, 7) is 4.29. The zero-order chi connectivity index (χ0) is 22.9. The highest BCUT2D eigenvalue weighted by atomic mass is 16.5.